The Labute approximate surface area is 447 Å². The molecule has 0 radical (unpaired) electrons. The van der Waals surface area contributed by atoms with Gasteiger partial charge in [0.05, 0.1) is 149 Å². The van der Waals surface area contributed by atoms with Crippen molar-refractivity contribution in [2.24, 2.45) is 5.41 Å². The molecule has 1 saturated carbocycles. The molecule has 2 saturated heterocycles. The van der Waals surface area contributed by atoms with Gasteiger partial charge in [-0.05, 0) is 50.1 Å². The maximum atomic E-state index is 13.6. The molecule has 0 amide bonds. The van der Waals surface area contributed by atoms with E-state index in [2.05, 4.69) is 35.0 Å². The molecule has 1 aliphatic carbocycles. The molecular formula is C47H67ClF3N8O15PS. The molecule has 0 bridgehead atoms. The Morgan fingerprint density at radius 2 is 1.39 bits per heavy atom. The summed E-state index contributed by atoms with van der Waals surface area (Å²) in [6, 6.07) is 0.847. The van der Waals surface area contributed by atoms with Gasteiger partial charge in [0.25, 0.3) is 0 Å². The first-order valence-electron chi connectivity index (χ1n) is 25.2. The highest BCUT2D eigenvalue weighted by atomic mass is 35.5. The molecule has 424 valence electrons. The lowest BCUT2D eigenvalue weighted by atomic mass is 9.68. The topological polar surface area (TPSA) is 254 Å². The Hall–Kier alpha value is -3.64. The van der Waals surface area contributed by atoms with Crippen LogP contribution in [0.3, 0.4) is 0 Å². The number of ether oxygens (including phenoxy) is 11. The number of esters is 1. The highest BCUT2D eigenvalue weighted by molar-refractivity contribution is 7.99. The van der Waals surface area contributed by atoms with Crippen LogP contribution in [0.1, 0.15) is 56.9 Å². The Bertz CT molecular complexity index is 2410. The van der Waals surface area contributed by atoms with Gasteiger partial charge in [-0.2, -0.15) is 26.8 Å². The summed E-state index contributed by atoms with van der Waals surface area (Å²) in [6.07, 6.45) is 7.93. The van der Waals surface area contributed by atoms with E-state index in [4.69, 9.17) is 68.8 Å². The predicted octanol–water partition coefficient (Wildman–Crippen LogP) is 5.13. The minimum Gasteiger partial charge on any atom is -0.420 e. The molecule has 3 aromatic heterocycles. The van der Waals surface area contributed by atoms with Crippen molar-refractivity contribution in [2.75, 3.05) is 136 Å². The molecule has 29 heteroatoms. The number of nitrogens with zero attached hydrogens (tertiary/aromatic N) is 8. The van der Waals surface area contributed by atoms with Crippen LogP contribution in [0.5, 0.6) is 5.75 Å². The zero-order valence-corrected chi connectivity index (χ0v) is 44.7. The van der Waals surface area contributed by atoms with Crippen molar-refractivity contribution in [1.82, 2.24) is 34.7 Å². The summed E-state index contributed by atoms with van der Waals surface area (Å²) in [6.45, 7) is 8.45. The number of hydrogen-bond acceptors (Lipinski definition) is 20. The lowest BCUT2D eigenvalue weighted by Crippen LogP contribution is -2.58. The zero-order chi connectivity index (χ0) is 53.6. The lowest BCUT2D eigenvalue weighted by molar-refractivity contribution is -0.136. The maximum absolute atomic E-state index is 13.6. The minimum absolute atomic E-state index is 0.0483. The number of fused-ring (bicyclic) bond motifs is 1. The van der Waals surface area contributed by atoms with Crippen molar-refractivity contribution in [3.05, 3.63) is 53.0 Å². The van der Waals surface area contributed by atoms with E-state index in [0.717, 1.165) is 42.9 Å². The molecule has 1 aromatic carbocycles. The fourth-order valence-corrected chi connectivity index (χ4v) is 10.3. The molecule has 2 N–H and O–H groups in total. The van der Waals surface area contributed by atoms with Gasteiger partial charge in [-0.25, -0.2) is 22.5 Å². The van der Waals surface area contributed by atoms with Gasteiger partial charge in [-0.1, -0.05) is 5.21 Å². The number of carbonyl (C=O) groups excluding carboxylic acids is 1. The van der Waals surface area contributed by atoms with Crippen molar-refractivity contribution in [3.8, 4) is 5.75 Å². The van der Waals surface area contributed by atoms with Crippen molar-refractivity contribution >= 4 is 53.8 Å². The summed E-state index contributed by atoms with van der Waals surface area (Å²) in [4.78, 5) is 41.2. The fourth-order valence-electron chi connectivity index (χ4n) is 8.72. The van der Waals surface area contributed by atoms with Crippen LogP contribution in [0.4, 0.5) is 19.0 Å². The van der Waals surface area contributed by atoms with Crippen molar-refractivity contribution < 1.29 is 84.4 Å². The molecule has 23 nitrogen and oxygen atoms in total. The lowest BCUT2D eigenvalue weighted by Gasteiger charge is -2.54. The van der Waals surface area contributed by atoms with Gasteiger partial charge in [0.1, 0.15) is 23.7 Å². The average Bonchev–Trinajstić information content (AvgIpc) is 4.15. The van der Waals surface area contributed by atoms with E-state index >= 15 is 0 Å². The summed E-state index contributed by atoms with van der Waals surface area (Å²) in [7, 11) is -4.24. The third-order valence-corrected chi connectivity index (χ3v) is 14.4. The van der Waals surface area contributed by atoms with E-state index in [1.54, 1.807) is 21.8 Å². The Morgan fingerprint density at radius 3 is 2.04 bits per heavy atom. The Morgan fingerprint density at radius 1 is 0.789 bits per heavy atom. The van der Waals surface area contributed by atoms with Crippen LogP contribution in [0, 0.1) is 22.9 Å². The SMILES string of the molecule is O=C(CCOCCOCCOCCOCCn1cc(COCCOCCOCCOCCSC2CCC3(CC2)CN(c2nc(Cl)nc4c2cnn4C2CCC(COCP(=O)(O)O)O2)C3)nn1)Oc1c(F)cc(F)cc1F. The molecule has 7 rings (SSSR count). The molecule has 2 atom stereocenters. The number of halogens is 4. The second-order valence-corrected chi connectivity index (χ2v) is 21.6. The molecule has 4 aromatic rings. The van der Waals surface area contributed by atoms with E-state index in [-0.39, 0.29) is 49.7 Å². The Kier molecular flexibility index (Phi) is 24.7. The van der Waals surface area contributed by atoms with Crippen LogP contribution in [-0.4, -0.2) is 193 Å². The molecule has 3 fully saturated rings. The van der Waals surface area contributed by atoms with Crippen LogP contribution < -0.4 is 9.64 Å². The number of rotatable bonds is 37. The number of benzene rings is 1. The normalized spacial score (nSPS) is 17.8. The van der Waals surface area contributed by atoms with Crippen molar-refractivity contribution in [2.45, 2.75) is 75.7 Å². The third kappa shape index (κ3) is 19.9. The summed E-state index contributed by atoms with van der Waals surface area (Å²) in [5.41, 5.74) is 1.56. The van der Waals surface area contributed by atoms with Crippen molar-refractivity contribution in [3.63, 3.8) is 0 Å². The monoisotopic (exact) mass is 1140 g/mol. The van der Waals surface area contributed by atoms with Gasteiger partial charge in [0.2, 0.25) is 11.0 Å². The summed E-state index contributed by atoms with van der Waals surface area (Å²) < 4.78 is 115. The molecule has 2 unspecified atom stereocenters. The van der Waals surface area contributed by atoms with Gasteiger partial charge in [-0.3, -0.25) is 9.36 Å². The van der Waals surface area contributed by atoms with Crippen LogP contribution in [0.25, 0.3) is 11.0 Å². The summed E-state index contributed by atoms with van der Waals surface area (Å²) in [5, 5.41) is 14.4. The van der Waals surface area contributed by atoms with Gasteiger partial charge in [0.15, 0.2) is 23.5 Å². The van der Waals surface area contributed by atoms with E-state index in [9.17, 15) is 22.5 Å². The molecule has 3 aliphatic rings. The molecular weight excluding hydrogens is 1070 g/mol. The van der Waals surface area contributed by atoms with E-state index in [1.165, 1.54) is 12.8 Å². The van der Waals surface area contributed by atoms with Crippen LogP contribution in [-0.2, 0) is 69.9 Å². The van der Waals surface area contributed by atoms with Crippen LogP contribution in [0.15, 0.2) is 24.5 Å². The zero-order valence-electron chi connectivity index (χ0n) is 42.2. The van der Waals surface area contributed by atoms with E-state index in [1.807, 2.05) is 11.8 Å². The number of hydrogen-bond donors (Lipinski definition) is 2. The minimum atomic E-state index is -4.24. The standard InChI is InChI=1S/C47H67ClF3N8O15PS/c48-46-53-44(38-27-52-59(45(38)54-46)41-2-1-36(73-41)30-72-33-75(61,62)63)57-31-47(32-57)6-3-37(4-7-47)76-24-23-70-20-19-68-17-18-69-21-22-71-29-35-28-58(56-55-35)8-10-65-12-14-67-16-15-66-13-11-64-9-5-42(60)74-43-39(50)25-34(49)26-40(43)51/h25-28,36-37,41H,1-24,29-33H2,(H2,61,62,63). The number of thioether (sulfide) groups is 1. The first-order valence-corrected chi connectivity index (χ1v) is 28.5. The average molecular weight is 1140 g/mol. The van der Waals surface area contributed by atoms with Crippen LogP contribution >= 0.6 is 31.0 Å². The first-order chi connectivity index (χ1) is 36.8. The Balaban J connectivity index is 0.604. The molecule has 76 heavy (non-hydrogen) atoms. The predicted molar refractivity (Wildman–Crippen MR) is 268 cm³/mol. The summed E-state index contributed by atoms with van der Waals surface area (Å²) in [5.74, 6) is -3.88. The van der Waals surface area contributed by atoms with Gasteiger partial charge in [0, 0.05) is 41.6 Å². The number of anilines is 1. The first kappa shape index (κ1) is 60.0. The maximum Gasteiger partial charge on any atom is 0.350 e. The highest BCUT2D eigenvalue weighted by Crippen LogP contribution is 2.48. The van der Waals surface area contributed by atoms with E-state index in [0.29, 0.717) is 134 Å². The smallest absolute Gasteiger partial charge is 0.350 e. The van der Waals surface area contributed by atoms with Crippen molar-refractivity contribution in [1.29, 1.82) is 0 Å². The molecule has 2 aliphatic heterocycles. The quantitative estimate of drug-likeness (QED) is 0.0195. The summed E-state index contributed by atoms with van der Waals surface area (Å²) >= 11 is 8.42. The largest absolute Gasteiger partial charge is 0.420 e. The second-order valence-electron chi connectivity index (χ2n) is 18.3. The second kappa shape index (κ2) is 31.2. The van der Waals surface area contributed by atoms with Gasteiger partial charge in [-0.15, -0.1) is 5.10 Å². The van der Waals surface area contributed by atoms with Gasteiger partial charge < -0.3 is 66.8 Å². The molecule has 5 heterocycles. The molecule has 1 spiro atoms. The number of carbonyl (C=O) groups is 1. The van der Waals surface area contributed by atoms with Gasteiger partial charge >= 0.3 is 13.6 Å². The third-order valence-electron chi connectivity index (χ3n) is 12.4. The van der Waals surface area contributed by atoms with Crippen LogP contribution in [0.2, 0.25) is 5.28 Å². The highest BCUT2D eigenvalue weighted by Gasteiger charge is 2.46. The van der Waals surface area contributed by atoms with E-state index < -0.39 is 49.3 Å². The fraction of sp³-hybridized carbons (Fsp3) is 0.702. The number of aromatic nitrogens is 7.